The molecule has 2 rings (SSSR count). The second kappa shape index (κ2) is 4.25. The summed E-state index contributed by atoms with van der Waals surface area (Å²) in [5.74, 6) is -0.0970. The number of nitrogens with two attached hydrogens (primary N) is 1. The summed E-state index contributed by atoms with van der Waals surface area (Å²) < 4.78 is 37.9. The molecule has 0 amide bonds. The van der Waals surface area contributed by atoms with E-state index < -0.39 is 17.6 Å². The van der Waals surface area contributed by atoms with E-state index in [4.69, 9.17) is 5.73 Å². The molecule has 0 aliphatic heterocycles. The first-order valence-electron chi connectivity index (χ1n) is 5.01. The summed E-state index contributed by atoms with van der Waals surface area (Å²) in [6.45, 7) is 1.73. The predicted molar refractivity (Wildman–Crippen MR) is 59.4 cm³/mol. The smallest absolute Gasteiger partial charge is 0.396 e. The van der Waals surface area contributed by atoms with E-state index in [9.17, 15) is 13.2 Å². The SMILES string of the molecule is Cc1cccc(-c2ncc(N)c(C(F)(F)F)n2)n1. The van der Waals surface area contributed by atoms with E-state index in [1.807, 2.05) is 0 Å². The van der Waals surface area contributed by atoms with Crippen molar-refractivity contribution >= 4 is 5.69 Å². The lowest BCUT2D eigenvalue weighted by Gasteiger charge is -2.09. The summed E-state index contributed by atoms with van der Waals surface area (Å²) in [6.07, 6.45) is -3.67. The van der Waals surface area contributed by atoms with Crippen molar-refractivity contribution in [1.82, 2.24) is 15.0 Å². The number of anilines is 1. The van der Waals surface area contributed by atoms with E-state index in [-0.39, 0.29) is 11.5 Å². The van der Waals surface area contributed by atoms with Gasteiger partial charge in [0.15, 0.2) is 11.5 Å². The summed E-state index contributed by atoms with van der Waals surface area (Å²) in [6, 6.07) is 4.94. The minimum atomic E-state index is -4.61. The van der Waals surface area contributed by atoms with E-state index >= 15 is 0 Å². The van der Waals surface area contributed by atoms with E-state index in [1.54, 1.807) is 25.1 Å². The zero-order valence-electron chi connectivity index (χ0n) is 9.36. The number of hydrogen-bond donors (Lipinski definition) is 1. The monoisotopic (exact) mass is 254 g/mol. The lowest BCUT2D eigenvalue weighted by Crippen LogP contribution is -2.13. The predicted octanol–water partition coefficient (Wildman–Crippen LogP) is 2.45. The molecule has 0 radical (unpaired) electrons. The minimum absolute atomic E-state index is 0.0970. The molecule has 0 bridgehead atoms. The quantitative estimate of drug-likeness (QED) is 0.848. The minimum Gasteiger partial charge on any atom is -0.396 e. The number of aromatic nitrogens is 3. The van der Waals surface area contributed by atoms with Crippen LogP contribution in [-0.2, 0) is 6.18 Å². The maximum atomic E-state index is 12.6. The number of pyridine rings is 1. The van der Waals surface area contributed by atoms with Crippen molar-refractivity contribution in [2.45, 2.75) is 13.1 Å². The van der Waals surface area contributed by atoms with Crippen molar-refractivity contribution in [3.8, 4) is 11.5 Å². The number of halogens is 3. The summed E-state index contributed by atoms with van der Waals surface area (Å²) in [7, 11) is 0. The Morgan fingerprint density at radius 1 is 1.17 bits per heavy atom. The Bertz CT molecular complexity index is 581. The molecular weight excluding hydrogens is 245 g/mol. The average Bonchev–Trinajstić information content (AvgIpc) is 2.28. The zero-order chi connectivity index (χ0) is 13.3. The van der Waals surface area contributed by atoms with Crippen LogP contribution in [0.3, 0.4) is 0 Å². The molecule has 7 heteroatoms. The molecular formula is C11H9F3N4. The van der Waals surface area contributed by atoms with Gasteiger partial charge in [-0.15, -0.1) is 0 Å². The van der Waals surface area contributed by atoms with Crippen LogP contribution in [0.1, 0.15) is 11.4 Å². The number of rotatable bonds is 1. The third kappa shape index (κ3) is 2.39. The Hall–Kier alpha value is -2.18. The Balaban J connectivity index is 2.54. The highest BCUT2D eigenvalue weighted by molar-refractivity contribution is 5.53. The molecule has 4 nitrogen and oxygen atoms in total. The van der Waals surface area contributed by atoms with Gasteiger partial charge >= 0.3 is 6.18 Å². The van der Waals surface area contributed by atoms with Crippen LogP contribution in [0.15, 0.2) is 24.4 Å². The highest BCUT2D eigenvalue weighted by Gasteiger charge is 2.35. The fourth-order valence-corrected chi connectivity index (χ4v) is 1.41. The first kappa shape index (κ1) is 12.3. The Morgan fingerprint density at radius 3 is 2.50 bits per heavy atom. The van der Waals surface area contributed by atoms with Crippen molar-refractivity contribution in [2.75, 3.05) is 5.73 Å². The van der Waals surface area contributed by atoms with Gasteiger partial charge in [0, 0.05) is 5.69 Å². The third-order valence-electron chi connectivity index (χ3n) is 2.20. The third-order valence-corrected chi connectivity index (χ3v) is 2.20. The van der Waals surface area contributed by atoms with Crippen molar-refractivity contribution in [3.63, 3.8) is 0 Å². The molecule has 0 aliphatic carbocycles. The van der Waals surface area contributed by atoms with Crippen molar-refractivity contribution in [3.05, 3.63) is 35.8 Å². The van der Waals surface area contributed by atoms with Crippen LogP contribution in [0.4, 0.5) is 18.9 Å². The van der Waals surface area contributed by atoms with Crippen molar-refractivity contribution in [2.24, 2.45) is 0 Å². The highest BCUT2D eigenvalue weighted by Crippen LogP contribution is 2.32. The number of nitrogen functional groups attached to an aromatic ring is 1. The van der Waals surface area contributed by atoms with Crippen LogP contribution in [0, 0.1) is 6.92 Å². The molecule has 0 atom stereocenters. The average molecular weight is 254 g/mol. The first-order chi connectivity index (χ1) is 8.38. The van der Waals surface area contributed by atoms with Gasteiger partial charge in [-0.25, -0.2) is 15.0 Å². The van der Waals surface area contributed by atoms with Crippen LogP contribution in [0.5, 0.6) is 0 Å². The molecule has 2 aromatic heterocycles. The second-order valence-corrected chi connectivity index (χ2v) is 3.66. The largest absolute Gasteiger partial charge is 0.435 e. The van der Waals surface area contributed by atoms with Crippen LogP contribution in [0.25, 0.3) is 11.5 Å². The molecule has 0 saturated carbocycles. The van der Waals surface area contributed by atoms with E-state index in [0.29, 0.717) is 5.69 Å². The van der Waals surface area contributed by atoms with E-state index in [0.717, 1.165) is 6.20 Å². The van der Waals surface area contributed by atoms with Crippen molar-refractivity contribution in [1.29, 1.82) is 0 Å². The summed E-state index contributed by atoms with van der Waals surface area (Å²) in [5, 5.41) is 0. The van der Waals surface area contributed by atoms with Crippen LogP contribution < -0.4 is 5.73 Å². The number of nitrogens with zero attached hydrogens (tertiary/aromatic N) is 3. The van der Waals surface area contributed by atoms with E-state index in [2.05, 4.69) is 15.0 Å². The molecule has 94 valence electrons. The molecule has 0 saturated heterocycles. The molecule has 2 heterocycles. The molecule has 2 aromatic rings. The van der Waals surface area contributed by atoms with Crippen LogP contribution >= 0.6 is 0 Å². The van der Waals surface area contributed by atoms with Gasteiger partial charge in [0.05, 0.1) is 11.9 Å². The second-order valence-electron chi connectivity index (χ2n) is 3.66. The molecule has 2 N–H and O–H groups in total. The van der Waals surface area contributed by atoms with Gasteiger partial charge in [0.1, 0.15) is 5.69 Å². The van der Waals surface area contributed by atoms with E-state index in [1.165, 1.54) is 0 Å². The summed E-state index contributed by atoms with van der Waals surface area (Å²) in [4.78, 5) is 11.3. The normalized spacial score (nSPS) is 11.6. The fourth-order valence-electron chi connectivity index (χ4n) is 1.41. The lowest BCUT2D eigenvalue weighted by atomic mass is 10.2. The van der Waals surface area contributed by atoms with Gasteiger partial charge in [-0.2, -0.15) is 13.2 Å². The van der Waals surface area contributed by atoms with Gasteiger partial charge in [0.2, 0.25) is 0 Å². The molecule has 18 heavy (non-hydrogen) atoms. The Kier molecular flexibility index (Phi) is 2.90. The standard InChI is InChI=1S/C11H9F3N4/c1-6-3-2-4-8(17-6)10-16-5-7(15)9(18-10)11(12,13)14/h2-5H,15H2,1H3. The van der Waals surface area contributed by atoms with Crippen molar-refractivity contribution < 1.29 is 13.2 Å². The van der Waals surface area contributed by atoms with Crippen LogP contribution in [-0.4, -0.2) is 15.0 Å². The Morgan fingerprint density at radius 2 is 1.89 bits per heavy atom. The van der Waals surface area contributed by atoms with Gasteiger partial charge in [-0.05, 0) is 19.1 Å². The first-order valence-corrected chi connectivity index (χ1v) is 5.01. The van der Waals surface area contributed by atoms with Gasteiger partial charge < -0.3 is 5.73 Å². The lowest BCUT2D eigenvalue weighted by molar-refractivity contribution is -0.140. The molecule has 0 spiro atoms. The Labute approximate surface area is 101 Å². The van der Waals surface area contributed by atoms with Gasteiger partial charge in [-0.1, -0.05) is 6.07 Å². The molecule has 0 unspecified atom stereocenters. The maximum Gasteiger partial charge on any atom is 0.435 e. The number of hydrogen-bond acceptors (Lipinski definition) is 4. The maximum absolute atomic E-state index is 12.6. The summed E-state index contributed by atoms with van der Waals surface area (Å²) in [5.41, 5.74) is 4.52. The van der Waals surface area contributed by atoms with Crippen LogP contribution in [0.2, 0.25) is 0 Å². The molecule has 0 fully saturated rings. The van der Waals surface area contributed by atoms with Gasteiger partial charge in [0.25, 0.3) is 0 Å². The highest BCUT2D eigenvalue weighted by atomic mass is 19.4. The number of alkyl halides is 3. The molecule has 0 aliphatic rings. The zero-order valence-corrected chi connectivity index (χ0v) is 9.36. The fraction of sp³-hybridized carbons (Fsp3) is 0.182. The number of aryl methyl sites for hydroxylation is 1. The summed E-state index contributed by atoms with van der Waals surface area (Å²) >= 11 is 0. The topological polar surface area (TPSA) is 64.7 Å². The van der Waals surface area contributed by atoms with Gasteiger partial charge in [-0.3, -0.25) is 0 Å². The molecule has 0 aromatic carbocycles.